The predicted molar refractivity (Wildman–Crippen MR) is 162 cm³/mol. The van der Waals surface area contributed by atoms with Crippen LogP contribution in [0.3, 0.4) is 0 Å². The van der Waals surface area contributed by atoms with Gasteiger partial charge in [-0.05, 0) is 61.6 Å². The van der Waals surface area contributed by atoms with Crippen molar-refractivity contribution in [1.82, 2.24) is 10.2 Å². The molecule has 0 aliphatic carbocycles. The fourth-order valence-electron chi connectivity index (χ4n) is 4.60. The summed E-state index contributed by atoms with van der Waals surface area (Å²) in [6.07, 6.45) is 2.07. The van der Waals surface area contributed by atoms with Crippen LogP contribution in [0.2, 0.25) is 5.02 Å². The lowest BCUT2D eigenvalue weighted by Crippen LogP contribution is -2.54. The minimum atomic E-state index is -3.83. The maximum absolute atomic E-state index is 14.2. The smallest absolute Gasteiger partial charge is 0.244 e. The number of rotatable bonds is 12. The zero-order chi connectivity index (χ0) is 29.4. The maximum atomic E-state index is 14.2. The van der Waals surface area contributed by atoms with Crippen molar-refractivity contribution in [3.8, 4) is 0 Å². The SMILES string of the molecule is CC[C@@H](C)NC(=O)[C@H](Cc1ccccc1)N(Cc1cccc(Cl)c1)C(=O)CN(c1c(C)cccc1C)S(C)(=O)=O. The summed E-state index contributed by atoms with van der Waals surface area (Å²) in [6, 6.07) is 21.0. The third-order valence-corrected chi connectivity index (χ3v) is 8.23. The second-order valence-corrected chi connectivity index (χ2v) is 12.5. The number of aryl methyl sites for hydroxylation is 2. The summed E-state index contributed by atoms with van der Waals surface area (Å²) in [5.41, 5.74) is 3.54. The van der Waals surface area contributed by atoms with Gasteiger partial charge in [-0.2, -0.15) is 0 Å². The van der Waals surface area contributed by atoms with Crippen molar-refractivity contribution in [3.05, 3.63) is 100 Å². The molecule has 0 aliphatic heterocycles. The van der Waals surface area contributed by atoms with Crippen molar-refractivity contribution in [2.24, 2.45) is 0 Å². The lowest BCUT2D eigenvalue weighted by Gasteiger charge is -2.34. The third kappa shape index (κ3) is 8.32. The highest BCUT2D eigenvalue weighted by Gasteiger charge is 2.34. The van der Waals surface area contributed by atoms with Crippen LogP contribution < -0.4 is 9.62 Å². The van der Waals surface area contributed by atoms with Gasteiger partial charge in [0.25, 0.3) is 0 Å². The average Bonchev–Trinajstić information content (AvgIpc) is 2.89. The molecule has 0 radical (unpaired) electrons. The summed E-state index contributed by atoms with van der Waals surface area (Å²) >= 11 is 6.26. The van der Waals surface area contributed by atoms with Crippen molar-refractivity contribution < 1.29 is 18.0 Å². The molecule has 7 nitrogen and oxygen atoms in total. The Morgan fingerprint density at radius 1 is 0.925 bits per heavy atom. The number of para-hydroxylation sites is 1. The highest BCUT2D eigenvalue weighted by Crippen LogP contribution is 2.27. The number of hydrogen-bond acceptors (Lipinski definition) is 4. The molecular formula is C31H38ClN3O4S. The normalized spacial score (nSPS) is 12.8. The minimum Gasteiger partial charge on any atom is -0.352 e. The van der Waals surface area contributed by atoms with Gasteiger partial charge < -0.3 is 10.2 Å². The maximum Gasteiger partial charge on any atom is 0.244 e. The van der Waals surface area contributed by atoms with Crippen LogP contribution in [0.25, 0.3) is 0 Å². The molecule has 0 aliphatic rings. The summed E-state index contributed by atoms with van der Waals surface area (Å²) in [7, 11) is -3.83. The molecule has 0 bridgehead atoms. The van der Waals surface area contributed by atoms with Crippen molar-refractivity contribution >= 4 is 39.1 Å². The number of benzene rings is 3. The lowest BCUT2D eigenvalue weighted by atomic mass is 10.0. The van der Waals surface area contributed by atoms with Crippen LogP contribution in [0.4, 0.5) is 5.69 Å². The number of nitrogens with one attached hydrogen (secondary N) is 1. The molecule has 40 heavy (non-hydrogen) atoms. The molecule has 3 aromatic rings. The molecule has 0 saturated heterocycles. The van der Waals surface area contributed by atoms with E-state index in [0.29, 0.717) is 10.7 Å². The zero-order valence-corrected chi connectivity index (χ0v) is 25.3. The first-order valence-corrected chi connectivity index (χ1v) is 15.6. The van der Waals surface area contributed by atoms with E-state index in [1.54, 1.807) is 18.2 Å². The second kappa shape index (κ2) is 13.8. The Kier molecular flexibility index (Phi) is 10.8. The highest BCUT2D eigenvalue weighted by molar-refractivity contribution is 7.92. The molecule has 2 amide bonds. The number of carbonyl (C=O) groups excluding carboxylic acids is 2. The van der Waals surface area contributed by atoms with Crippen LogP contribution in [0.1, 0.15) is 42.5 Å². The van der Waals surface area contributed by atoms with Gasteiger partial charge in [0.15, 0.2) is 0 Å². The number of carbonyl (C=O) groups is 2. The molecule has 2 atom stereocenters. The van der Waals surface area contributed by atoms with E-state index in [0.717, 1.165) is 39.2 Å². The standard InChI is InChI=1S/C31H38ClN3O4S/c1-6-24(4)33-31(37)28(19-25-14-8-7-9-15-25)34(20-26-16-11-17-27(32)18-26)29(36)21-35(40(5,38)39)30-22(2)12-10-13-23(30)3/h7-18,24,28H,6,19-21H2,1-5H3,(H,33,37)/t24-,28+/m1/s1. The van der Waals surface area contributed by atoms with E-state index in [-0.39, 0.29) is 24.9 Å². The van der Waals surface area contributed by atoms with Crippen LogP contribution in [0, 0.1) is 13.8 Å². The van der Waals surface area contributed by atoms with Crippen LogP contribution in [0.15, 0.2) is 72.8 Å². The Morgan fingerprint density at radius 3 is 2.10 bits per heavy atom. The third-order valence-electron chi connectivity index (χ3n) is 6.88. The molecule has 0 spiro atoms. The van der Waals surface area contributed by atoms with Gasteiger partial charge in [0.2, 0.25) is 21.8 Å². The first kappa shape index (κ1) is 31.2. The van der Waals surface area contributed by atoms with E-state index in [1.165, 1.54) is 4.90 Å². The summed E-state index contributed by atoms with van der Waals surface area (Å²) in [5, 5.41) is 3.53. The number of amides is 2. The second-order valence-electron chi connectivity index (χ2n) is 10.2. The molecule has 9 heteroatoms. The van der Waals surface area contributed by atoms with Gasteiger partial charge in [-0.25, -0.2) is 8.42 Å². The molecule has 0 heterocycles. The predicted octanol–water partition coefficient (Wildman–Crippen LogP) is 5.28. The van der Waals surface area contributed by atoms with Gasteiger partial charge in [-0.15, -0.1) is 0 Å². The van der Waals surface area contributed by atoms with E-state index >= 15 is 0 Å². The monoisotopic (exact) mass is 583 g/mol. The Balaban J connectivity index is 2.10. The Labute approximate surface area is 243 Å². The van der Waals surface area contributed by atoms with Crippen LogP contribution >= 0.6 is 11.6 Å². The number of anilines is 1. The Morgan fingerprint density at radius 2 is 1.52 bits per heavy atom. The van der Waals surface area contributed by atoms with E-state index in [4.69, 9.17) is 11.6 Å². The topological polar surface area (TPSA) is 86.8 Å². The molecule has 0 saturated carbocycles. The lowest BCUT2D eigenvalue weighted by molar-refractivity contribution is -0.140. The highest BCUT2D eigenvalue weighted by atomic mass is 35.5. The Hall–Kier alpha value is -3.36. The molecular weight excluding hydrogens is 546 g/mol. The van der Waals surface area contributed by atoms with Crippen molar-refractivity contribution in [1.29, 1.82) is 0 Å². The number of halogens is 1. The van der Waals surface area contributed by atoms with E-state index in [9.17, 15) is 18.0 Å². The van der Waals surface area contributed by atoms with E-state index in [2.05, 4.69) is 5.32 Å². The van der Waals surface area contributed by atoms with Crippen LogP contribution in [-0.2, 0) is 32.6 Å². The summed E-state index contributed by atoms with van der Waals surface area (Å²) in [5.74, 6) is -0.792. The number of hydrogen-bond donors (Lipinski definition) is 1. The molecule has 214 valence electrons. The largest absolute Gasteiger partial charge is 0.352 e. The van der Waals surface area contributed by atoms with E-state index < -0.39 is 28.5 Å². The summed E-state index contributed by atoms with van der Waals surface area (Å²) < 4.78 is 27.2. The molecule has 1 N–H and O–H groups in total. The summed E-state index contributed by atoms with van der Waals surface area (Å²) in [4.78, 5) is 29.4. The fraction of sp³-hybridized carbons (Fsp3) is 0.355. The van der Waals surface area contributed by atoms with Crippen molar-refractivity contribution in [2.75, 3.05) is 17.1 Å². The molecule has 0 aromatic heterocycles. The zero-order valence-electron chi connectivity index (χ0n) is 23.7. The summed E-state index contributed by atoms with van der Waals surface area (Å²) in [6.45, 7) is 7.13. The van der Waals surface area contributed by atoms with Gasteiger partial charge in [0, 0.05) is 24.0 Å². The number of nitrogens with zero attached hydrogens (tertiary/aromatic N) is 2. The fourth-order valence-corrected chi connectivity index (χ4v) is 5.78. The first-order valence-electron chi connectivity index (χ1n) is 13.3. The number of sulfonamides is 1. The van der Waals surface area contributed by atoms with Gasteiger partial charge in [0.1, 0.15) is 12.6 Å². The van der Waals surface area contributed by atoms with E-state index in [1.807, 2.05) is 82.3 Å². The minimum absolute atomic E-state index is 0.0785. The average molecular weight is 584 g/mol. The van der Waals surface area contributed by atoms with Crippen LogP contribution in [0.5, 0.6) is 0 Å². The van der Waals surface area contributed by atoms with Gasteiger partial charge >= 0.3 is 0 Å². The molecule has 3 rings (SSSR count). The van der Waals surface area contributed by atoms with Crippen molar-refractivity contribution in [3.63, 3.8) is 0 Å². The molecule has 3 aromatic carbocycles. The van der Waals surface area contributed by atoms with Crippen LogP contribution in [-0.4, -0.2) is 50.0 Å². The van der Waals surface area contributed by atoms with Crippen molar-refractivity contribution in [2.45, 2.75) is 59.2 Å². The quantitative estimate of drug-likeness (QED) is 0.314. The van der Waals surface area contributed by atoms with Gasteiger partial charge in [-0.1, -0.05) is 79.2 Å². The first-order chi connectivity index (χ1) is 18.9. The molecule has 0 unspecified atom stereocenters. The van der Waals surface area contributed by atoms with Gasteiger partial charge in [0.05, 0.1) is 11.9 Å². The Bertz CT molecular complexity index is 1410. The molecule has 0 fully saturated rings. The van der Waals surface area contributed by atoms with Gasteiger partial charge in [-0.3, -0.25) is 13.9 Å².